The lowest BCUT2D eigenvalue weighted by atomic mass is 9.87. The second-order valence-corrected chi connectivity index (χ2v) is 10.3. The van der Waals surface area contributed by atoms with E-state index >= 15 is 0 Å². The van der Waals surface area contributed by atoms with E-state index in [1.807, 2.05) is 18.6 Å². The molecule has 0 fully saturated rings. The van der Waals surface area contributed by atoms with Crippen LogP contribution in [0.5, 0.6) is 0 Å². The van der Waals surface area contributed by atoms with E-state index in [9.17, 15) is 0 Å². The Morgan fingerprint density at radius 3 is 1.56 bits per heavy atom. The van der Waals surface area contributed by atoms with Crippen molar-refractivity contribution in [3.05, 3.63) is 23.5 Å². The van der Waals surface area contributed by atoms with E-state index in [4.69, 9.17) is 4.99 Å². The first-order valence-electron chi connectivity index (χ1n) is 14.4. The molecule has 2 aliphatic rings. The van der Waals surface area contributed by atoms with Gasteiger partial charge in [-0.3, -0.25) is 9.98 Å². The van der Waals surface area contributed by atoms with Crippen LogP contribution in [0, 0.1) is 5.92 Å². The van der Waals surface area contributed by atoms with E-state index in [2.05, 4.69) is 18.8 Å². The predicted octanol–water partition coefficient (Wildman–Crippen LogP) is 10.1. The molecule has 0 N–H and O–H groups in total. The van der Waals surface area contributed by atoms with Gasteiger partial charge in [0.2, 0.25) is 0 Å². The summed E-state index contributed by atoms with van der Waals surface area (Å²) in [7, 11) is 0. The zero-order valence-corrected chi connectivity index (χ0v) is 21.6. The molecule has 0 aromatic carbocycles. The van der Waals surface area contributed by atoms with Gasteiger partial charge < -0.3 is 0 Å². The molecule has 182 valence electrons. The zero-order valence-electron chi connectivity index (χ0n) is 21.6. The average molecular weight is 441 g/mol. The van der Waals surface area contributed by atoms with Gasteiger partial charge in [0.25, 0.3) is 0 Å². The average Bonchev–Trinajstić information content (AvgIpc) is 3.41. The molecule has 0 saturated heterocycles. The van der Waals surface area contributed by atoms with Crippen molar-refractivity contribution < 1.29 is 0 Å². The highest BCUT2D eigenvalue weighted by molar-refractivity contribution is 6.14. The lowest BCUT2D eigenvalue weighted by Gasteiger charge is -2.18. The van der Waals surface area contributed by atoms with Crippen molar-refractivity contribution >= 4 is 11.9 Å². The maximum atomic E-state index is 4.74. The van der Waals surface area contributed by atoms with Crippen LogP contribution in [0.15, 0.2) is 33.5 Å². The van der Waals surface area contributed by atoms with Crippen LogP contribution in [0.1, 0.15) is 149 Å². The van der Waals surface area contributed by atoms with E-state index in [1.165, 1.54) is 145 Å². The topological polar surface area (TPSA) is 24.7 Å². The molecule has 2 heterocycles. The molecule has 2 nitrogen and oxygen atoms in total. The summed E-state index contributed by atoms with van der Waals surface area (Å²) < 4.78 is 0. The second-order valence-electron chi connectivity index (χ2n) is 10.3. The van der Waals surface area contributed by atoms with Gasteiger partial charge in [0.05, 0.1) is 5.71 Å². The summed E-state index contributed by atoms with van der Waals surface area (Å²) >= 11 is 0. The van der Waals surface area contributed by atoms with Crippen molar-refractivity contribution in [1.82, 2.24) is 0 Å². The van der Waals surface area contributed by atoms with Gasteiger partial charge in [-0.25, -0.2) is 0 Å². The van der Waals surface area contributed by atoms with Crippen molar-refractivity contribution in [3.63, 3.8) is 0 Å². The largest absolute Gasteiger partial charge is 0.263 e. The summed E-state index contributed by atoms with van der Waals surface area (Å²) in [5.74, 6) is 0.803. The molecule has 0 bridgehead atoms. The van der Waals surface area contributed by atoms with Crippen molar-refractivity contribution in [1.29, 1.82) is 0 Å². The van der Waals surface area contributed by atoms with Gasteiger partial charge in [0, 0.05) is 29.8 Å². The number of hydrogen-bond acceptors (Lipinski definition) is 2. The van der Waals surface area contributed by atoms with Crippen LogP contribution in [0.25, 0.3) is 0 Å². The SMILES string of the molecule is CCCCCCCCCCCCC(CCCCCCCCCC)CC1=NC=C2C=NC=C21. The molecular weight excluding hydrogens is 388 g/mol. The van der Waals surface area contributed by atoms with Crippen molar-refractivity contribution in [2.75, 3.05) is 0 Å². The number of unbranched alkanes of at least 4 members (excludes halogenated alkanes) is 16. The minimum atomic E-state index is 0.803. The fourth-order valence-corrected chi connectivity index (χ4v) is 5.17. The first-order chi connectivity index (χ1) is 15.8. The van der Waals surface area contributed by atoms with Crippen LogP contribution >= 0.6 is 0 Å². The highest BCUT2D eigenvalue weighted by Crippen LogP contribution is 2.30. The van der Waals surface area contributed by atoms with Gasteiger partial charge in [-0.1, -0.05) is 142 Å². The molecule has 1 unspecified atom stereocenters. The smallest absolute Gasteiger partial charge is 0.0501 e. The third-order valence-corrected chi connectivity index (χ3v) is 7.31. The van der Waals surface area contributed by atoms with Gasteiger partial charge >= 0.3 is 0 Å². The Bertz CT molecular complexity index is 596. The van der Waals surface area contributed by atoms with Gasteiger partial charge in [0.15, 0.2) is 0 Å². The van der Waals surface area contributed by atoms with E-state index in [1.54, 1.807) is 0 Å². The number of nitrogens with zero attached hydrogens (tertiary/aromatic N) is 2. The first kappa shape index (κ1) is 27.1. The molecule has 0 amide bonds. The maximum Gasteiger partial charge on any atom is 0.0501 e. The lowest BCUT2D eigenvalue weighted by Crippen LogP contribution is -2.10. The number of rotatable bonds is 22. The summed E-state index contributed by atoms with van der Waals surface area (Å²) in [4.78, 5) is 9.07. The minimum absolute atomic E-state index is 0.803. The second kappa shape index (κ2) is 18.3. The Balaban J connectivity index is 1.59. The molecule has 1 atom stereocenters. The van der Waals surface area contributed by atoms with Crippen molar-refractivity contribution in [3.8, 4) is 0 Å². The Labute approximate surface area is 200 Å². The molecule has 0 spiro atoms. The van der Waals surface area contributed by atoms with Crippen molar-refractivity contribution in [2.45, 2.75) is 149 Å². The van der Waals surface area contributed by atoms with Gasteiger partial charge in [0.1, 0.15) is 0 Å². The van der Waals surface area contributed by atoms with E-state index in [0.29, 0.717) is 0 Å². The van der Waals surface area contributed by atoms with E-state index in [0.717, 1.165) is 12.3 Å². The number of aliphatic imine (C=N–C) groups is 2. The summed E-state index contributed by atoms with van der Waals surface area (Å²) in [5, 5.41) is 0. The maximum absolute atomic E-state index is 4.74. The monoisotopic (exact) mass is 440 g/mol. The lowest BCUT2D eigenvalue weighted by molar-refractivity contribution is 0.412. The van der Waals surface area contributed by atoms with Crippen LogP contribution in [0.3, 0.4) is 0 Å². The Hall–Kier alpha value is -1.18. The van der Waals surface area contributed by atoms with Crippen LogP contribution in [0.4, 0.5) is 0 Å². The first-order valence-corrected chi connectivity index (χ1v) is 14.4. The van der Waals surface area contributed by atoms with Crippen LogP contribution in [-0.2, 0) is 0 Å². The minimum Gasteiger partial charge on any atom is -0.263 e. The Kier molecular flexibility index (Phi) is 15.5. The molecule has 0 radical (unpaired) electrons. The van der Waals surface area contributed by atoms with Crippen molar-refractivity contribution in [2.24, 2.45) is 15.9 Å². The number of fused-ring (bicyclic) bond motifs is 1. The summed E-state index contributed by atoms with van der Waals surface area (Å²) in [6.45, 7) is 4.60. The molecule has 2 aliphatic heterocycles. The van der Waals surface area contributed by atoms with Gasteiger partial charge in [-0.15, -0.1) is 0 Å². The molecule has 32 heavy (non-hydrogen) atoms. The van der Waals surface area contributed by atoms with Crippen LogP contribution < -0.4 is 0 Å². The normalized spacial score (nSPS) is 15.6. The molecule has 0 aromatic rings. The third-order valence-electron chi connectivity index (χ3n) is 7.31. The van der Waals surface area contributed by atoms with E-state index < -0.39 is 0 Å². The quantitative estimate of drug-likeness (QED) is 0.150. The molecule has 0 aromatic heterocycles. The highest BCUT2D eigenvalue weighted by Gasteiger charge is 2.22. The summed E-state index contributed by atoms with van der Waals surface area (Å²) in [6.07, 6.45) is 35.5. The summed E-state index contributed by atoms with van der Waals surface area (Å²) in [5.41, 5.74) is 3.83. The predicted molar refractivity (Wildman–Crippen MR) is 144 cm³/mol. The highest BCUT2D eigenvalue weighted by atomic mass is 14.8. The van der Waals surface area contributed by atoms with E-state index in [-0.39, 0.29) is 0 Å². The number of allylic oxidation sites excluding steroid dienone is 2. The summed E-state index contributed by atoms with van der Waals surface area (Å²) in [6, 6.07) is 0. The molecular formula is C30H52N2. The molecule has 2 rings (SSSR count). The Morgan fingerprint density at radius 1 is 0.594 bits per heavy atom. The van der Waals surface area contributed by atoms with Gasteiger partial charge in [-0.05, 0) is 12.3 Å². The Morgan fingerprint density at radius 2 is 1.06 bits per heavy atom. The fraction of sp³-hybridized carbons (Fsp3) is 0.800. The van der Waals surface area contributed by atoms with Crippen LogP contribution in [-0.4, -0.2) is 11.9 Å². The number of hydrogen-bond donors (Lipinski definition) is 0. The third kappa shape index (κ3) is 11.6. The van der Waals surface area contributed by atoms with Gasteiger partial charge in [-0.2, -0.15) is 0 Å². The fourth-order valence-electron chi connectivity index (χ4n) is 5.17. The zero-order chi connectivity index (χ0) is 22.7. The standard InChI is InChI=1S/C30H52N2/c1-3-5-7-9-11-13-14-16-18-20-22-27(21-19-17-15-12-10-8-6-4-2)23-30-29-26-31-24-28(29)25-32-30/h24-27H,3-23H2,1-2H3. The molecule has 2 heteroatoms. The molecule has 0 aliphatic carbocycles. The molecule has 0 saturated carbocycles. The van der Waals surface area contributed by atoms with Crippen LogP contribution in [0.2, 0.25) is 0 Å².